The van der Waals surface area contributed by atoms with Gasteiger partial charge in [-0.3, -0.25) is 14.4 Å². The molecule has 8 heteroatoms. The lowest BCUT2D eigenvalue weighted by Gasteiger charge is -2.17. The van der Waals surface area contributed by atoms with Crippen LogP contribution in [0, 0.1) is 12.7 Å². The topological polar surface area (TPSA) is 111 Å². The molecule has 0 bridgehead atoms. The quantitative estimate of drug-likeness (QED) is 0.748. The predicted octanol–water partition coefficient (Wildman–Crippen LogP) is 2.14. The SMILES string of the molecule is Cc1c(F)cc(C(N)=O)cc1NC(=O)COc1ccc2c(c1)CCC(=O)N2. The van der Waals surface area contributed by atoms with E-state index in [0.717, 1.165) is 17.3 Å². The third kappa shape index (κ3) is 4.22. The molecular weight excluding hydrogens is 353 g/mol. The molecule has 140 valence electrons. The molecule has 0 radical (unpaired) electrons. The molecule has 0 fully saturated rings. The summed E-state index contributed by atoms with van der Waals surface area (Å²) in [4.78, 5) is 34.7. The normalized spacial score (nSPS) is 12.7. The minimum absolute atomic E-state index is 0.0312. The summed E-state index contributed by atoms with van der Waals surface area (Å²) in [5, 5.41) is 5.28. The Balaban J connectivity index is 1.65. The average molecular weight is 371 g/mol. The van der Waals surface area contributed by atoms with Crippen LogP contribution in [-0.4, -0.2) is 24.3 Å². The summed E-state index contributed by atoms with van der Waals surface area (Å²) in [5.74, 6) is -1.49. The van der Waals surface area contributed by atoms with Crippen LogP contribution < -0.4 is 21.1 Å². The van der Waals surface area contributed by atoms with E-state index in [1.165, 1.54) is 13.0 Å². The fourth-order valence-electron chi connectivity index (χ4n) is 2.74. The van der Waals surface area contributed by atoms with Crippen molar-refractivity contribution >= 4 is 29.1 Å². The molecule has 0 aliphatic carbocycles. The van der Waals surface area contributed by atoms with Crippen molar-refractivity contribution in [3.05, 3.63) is 52.8 Å². The van der Waals surface area contributed by atoms with Crippen LogP contribution in [0.15, 0.2) is 30.3 Å². The number of anilines is 2. The minimum Gasteiger partial charge on any atom is -0.484 e. The first-order valence-electron chi connectivity index (χ1n) is 8.29. The van der Waals surface area contributed by atoms with E-state index in [0.29, 0.717) is 18.6 Å². The van der Waals surface area contributed by atoms with Crippen LogP contribution in [0.5, 0.6) is 5.75 Å². The number of aryl methyl sites for hydroxylation is 1. The van der Waals surface area contributed by atoms with Crippen molar-refractivity contribution in [2.45, 2.75) is 19.8 Å². The molecule has 3 amide bonds. The van der Waals surface area contributed by atoms with Gasteiger partial charge in [-0.2, -0.15) is 0 Å². The number of benzene rings is 2. The first-order valence-corrected chi connectivity index (χ1v) is 8.29. The van der Waals surface area contributed by atoms with Gasteiger partial charge in [-0.15, -0.1) is 0 Å². The van der Waals surface area contributed by atoms with Crippen molar-refractivity contribution in [1.82, 2.24) is 0 Å². The van der Waals surface area contributed by atoms with Crippen molar-refractivity contribution in [2.24, 2.45) is 5.73 Å². The maximum atomic E-state index is 13.9. The molecule has 1 aliphatic rings. The Labute approximate surface area is 154 Å². The Morgan fingerprint density at radius 2 is 2.04 bits per heavy atom. The van der Waals surface area contributed by atoms with E-state index in [1.807, 2.05) is 0 Å². The highest BCUT2D eigenvalue weighted by molar-refractivity contribution is 5.97. The fraction of sp³-hybridized carbons (Fsp3) is 0.211. The molecule has 1 heterocycles. The summed E-state index contributed by atoms with van der Waals surface area (Å²) >= 11 is 0. The first-order chi connectivity index (χ1) is 12.8. The van der Waals surface area contributed by atoms with E-state index < -0.39 is 17.6 Å². The Kier molecular flexibility index (Phi) is 5.07. The van der Waals surface area contributed by atoms with Gasteiger partial charge in [-0.1, -0.05) is 0 Å². The van der Waals surface area contributed by atoms with Crippen LogP contribution in [0.4, 0.5) is 15.8 Å². The van der Waals surface area contributed by atoms with Gasteiger partial charge in [0.15, 0.2) is 6.61 Å². The van der Waals surface area contributed by atoms with Gasteiger partial charge in [0.25, 0.3) is 5.91 Å². The second-order valence-corrected chi connectivity index (χ2v) is 6.20. The Morgan fingerprint density at radius 1 is 1.26 bits per heavy atom. The largest absolute Gasteiger partial charge is 0.484 e. The highest BCUT2D eigenvalue weighted by atomic mass is 19.1. The zero-order valence-electron chi connectivity index (χ0n) is 14.6. The number of nitrogens with one attached hydrogen (secondary N) is 2. The number of rotatable bonds is 5. The molecular formula is C19H18FN3O4. The zero-order valence-corrected chi connectivity index (χ0v) is 14.6. The number of hydrogen-bond acceptors (Lipinski definition) is 4. The van der Waals surface area contributed by atoms with Crippen molar-refractivity contribution in [3.8, 4) is 5.75 Å². The first kappa shape index (κ1) is 18.4. The van der Waals surface area contributed by atoms with Gasteiger partial charge in [0.2, 0.25) is 11.8 Å². The number of ether oxygens (including phenoxy) is 1. The Morgan fingerprint density at radius 3 is 2.78 bits per heavy atom. The number of fused-ring (bicyclic) bond motifs is 1. The molecule has 0 saturated carbocycles. The second kappa shape index (κ2) is 7.45. The lowest BCUT2D eigenvalue weighted by atomic mass is 10.0. The van der Waals surface area contributed by atoms with E-state index in [9.17, 15) is 18.8 Å². The van der Waals surface area contributed by atoms with Crippen molar-refractivity contribution in [3.63, 3.8) is 0 Å². The van der Waals surface area contributed by atoms with Gasteiger partial charge in [0, 0.05) is 28.9 Å². The lowest BCUT2D eigenvalue weighted by molar-refractivity contribution is -0.118. The molecule has 0 spiro atoms. The molecule has 27 heavy (non-hydrogen) atoms. The fourth-order valence-corrected chi connectivity index (χ4v) is 2.74. The molecule has 0 saturated heterocycles. The summed E-state index contributed by atoms with van der Waals surface area (Å²) < 4.78 is 19.3. The lowest BCUT2D eigenvalue weighted by Crippen LogP contribution is -2.22. The number of halogens is 1. The van der Waals surface area contributed by atoms with Crippen molar-refractivity contribution < 1.29 is 23.5 Å². The third-order valence-electron chi connectivity index (χ3n) is 4.25. The van der Waals surface area contributed by atoms with E-state index in [1.54, 1.807) is 18.2 Å². The maximum Gasteiger partial charge on any atom is 0.262 e. The van der Waals surface area contributed by atoms with Gasteiger partial charge in [-0.05, 0) is 49.2 Å². The summed E-state index contributed by atoms with van der Waals surface area (Å²) in [6.45, 7) is 1.18. The van der Waals surface area contributed by atoms with E-state index in [2.05, 4.69) is 10.6 Å². The smallest absolute Gasteiger partial charge is 0.262 e. The van der Waals surface area contributed by atoms with Crippen molar-refractivity contribution in [1.29, 1.82) is 0 Å². The van der Waals surface area contributed by atoms with E-state index >= 15 is 0 Å². The van der Waals surface area contributed by atoms with E-state index in [-0.39, 0.29) is 29.3 Å². The average Bonchev–Trinajstić information content (AvgIpc) is 2.63. The van der Waals surface area contributed by atoms with Gasteiger partial charge in [0.1, 0.15) is 11.6 Å². The van der Waals surface area contributed by atoms with E-state index in [4.69, 9.17) is 10.5 Å². The molecule has 4 N–H and O–H groups in total. The zero-order chi connectivity index (χ0) is 19.6. The summed E-state index contributed by atoms with van der Waals surface area (Å²) in [7, 11) is 0. The summed E-state index contributed by atoms with van der Waals surface area (Å²) in [6, 6.07) is 7.47. The standard InChI is InChI=1S/C19H18FN3O4/c1-10-14(20)7-12(19(21)26)8-16(10)23-18(25)9-27-13-3-4-15-11(6-13)2-5-17(24)22-15/h3-4,6-8H,2,5,9H2,1H3,(H2,21,26)(H,22,24)(H,23,25). The second-order valence-electron chi connectivity index (χ2n) is 6.20. The highest BCUT2D eigenvalue weighted by Crippen LogP contribution is 2.27. The van der Waals surface area contributed by atoms with Crippen LogP contribution in [-0.2, 0) is 16.0 Å². The van der Waals surface area contributed by atoms with Crippen LogP contribution in [0.1, 0.15) is 27.9 Å². The summed E-state index contributed by atoms with van der Waals surface area (Å²) in [6.07, 6.45) is 1.00. The molecule has 0 aromatic heterocycles. The van der Waals surface area contributed by atoms with Crippen LogP contribution in [0.3, 0.4) is 0 Å². The molecule has 0 atom stereocenters. The van der Waals surface area contributed by atoms with Gasteiger partial charge in [0.05, 0.1) is 0 Å². The molecule has 2 aromatic rings. The number of primary amides is 1. The number of carbonyl (C=O) groups excluding carboxylic acids is 3. The molecule has 0 unspecified atom stereocenters. The monoisotopic (exact) mass is 371 g/mol. The molecule has 1 aliphatic heterocycles. The summed E-state index contributed by atoms with van der Waals surface area (Å²) in [5.41, 5.74) is 7.14. The van der Waals surface area contributed by atoms with Gasteiger partial charge >= 0.3 is 0 Å². The maximum absolute atomic E-state index is 13.9. The van der Waals surface area contributed by atoms with Crippen LogP contribution in [0.25, 0.3) is 0 Å². The molecule has 3 rings (SSSR count). The molecule has 7 nitrogen and oxygen atoms in total. The number of nitrogens with two attached hydrogens (primary N) is 1. The van der Waals surface area contributed by atoms with Crippen LogP contribution in [0.2, 0.25) is 0 Å². The van der Waals surface area contributed by atoms with Crippen molar-refractivity contribution in [2.75, 3.05) is 17.2 Å². The minimum atomic E-state index is -0.790. The Bertz CT molecular complexity index is 943. The number of carbonyl (C=O) groups is 3. The van der Waals surface area contributed by atoms with Gasteiger partial charge < -0.3 is 21.1 Å². The third-order valence-corrected chi connectivity index (χ3v) is 4.25. The highest BCUT2D eigenvalue weighted by Gasteiger charge is 2.16. The van der Waals surface area contributed by atoms with Gasteiger partial charge in [-0.25, -0.2) is 4.39 Å². The predicted molar refractivity (Wildman–Crippen MR) is 97.2 cm³/mol. The molecule has 2 aromatic carbocycles. The number of amides is 3. The van der Waals surface area contributed by atoms with Crippen LogP contribution >= 0.6 is 0 Å². The Hall–Kier alpha value is -3.42. The number of hydrogen-bond donors (Lipinski definition) is 3.